The van der Waals surface area contributed by atoms with E-state index in [-0.39, 0.29) is 11.4 Å². The Morgan fingerprint density at radius 2 is 1.52 bits per heavy atom. The second-order valence-electron chi connectivity index (χ2n) is 4.50. The van der Waals surface area contributed by atoms with Crippen molar-refractivity contribution in [3.8, 4) is 17.1 Å². The molecule has 0 atom stereocenters. The molecule has 0 unspecified atom stereocenters. The van der Waals surface area contributed by atoms with Crippen LogP contribution in [0.25, 0.3) is 17.1 Å². The van der Waals surface area contributed by atoms with Crippen molar-refractivity contribution in [3.63, 3.8) is 0 Å². The van der Waals surface area contributed by atoms with Gasteiger partial charge in [-0.05, 0) is 22.6 Å². The molecule has 0 aliphatic rings. The minimum absolute atomic E-state index is 0.169. The average Bonchev–Trinajstić information content (AvgIpc) is 3.04. The molecule has 10 nitrogen and oxygen atoms in total. The van der Waals surface area contributed by atoms with Gasteiger partial charge < -0.3 is 0 Å². The van der Waals surface area contributed by atoms with Crippen LogP contribution in [0.5, 0.6) is 0 Å². The fourth-order valence-corrected chi connectivity index (χ4v) is 2.05. The molecule has 0 spiro atoms. The van der Waals surface area contributed by atoms with Gasteiger partial charge in [0.2, 0.25) is 0 Å². The van der Waals surface area contributed by atoms with Crippen molar-refractivity contribution < 1.29 is 9.85 Å². The number of benzene rings is 2. The van der Waals surface area contributed by atoms with Crippen LogP contribution in [0.2, 0.25) is 0 Å². The van der Waals surface area contributed by atoms with Gasteiger partial charge in [0.05, 0.1) is 21.6 Å². The molecule has 0 aliphatic carbocycles. The molecular weight excluding hydrogens is 304 g/mol. The van der Waals surface area contributed by atoms with Gasteiger partial charge >= 0.3 is 0 Å². The largest absolute Gasteiger partial charge is 0.277 e. The second-order valence-corrected chi connectivity index (χ2v) is 4.50. The highest BCUT2D eigenvalue weighted by atomic mass is 16.6. The minimum atomic E-state index is -0.701. The predicted octanol–water partition coefficient (Wildman–Crippen LogP) is 2.15. The summed E-state index contributed by atoms with van der Waals surface area (Å²) < 4.78 is 1.35. The normalized spacial score (nSPS) is 10.4. The number of rotatable bonds is 4. The number of nitro groups is 2. The van der Waals surface area contributed by atoms with Crippen LogP contribution in [0, 0.1) is 20.2 Å². The van der Waals surface area contributed by atoms with Crippen molar-refractivity contribution in [2.75, 3.05) is 0 Å². The standard InChI is InChI=1S/C13H8N6O4/c20-18(21)11-6-9(7-12(8-11)19(22)23)13-14-15-16-17(13)10-4-2-1-3-5-10/h1-8H. The fraction of sp³-hybridized carbons (Fsp3) is 0. The first-order chi connectivity index (χ1) is 11.1. The molecule has 0 fully saturated rings. The van der Waals surface area contributed by atoms with Gasteiger partial charge in [0.1, 0.15) is 0 Å². The first-order valence-corrected chi connectivity index (χ1v) is 6.34. The van der Waals surface area contributed by atoms with Crippen molar-refractivity contribution in [1.29, 1.82) is 0 Å². The molecule has 0 saturated heterocycles. The summed E-state index contributed by atoms with van der Waals surface area (Å²) in [6.07, 6.45) is 0. The number of hydrogen-bond acceptors (Lipinski definition) is 7. The third-order valence-corrected chi connectivity index (χ3v) is 3.05. The Morgan fingerprint density at radius 3 is 2.09 bits per heavy atom. The van der Waals surface area contributed by atoms with Crippen molar-refractivity contribution in [2.24, 2.45) is 0 Å². The van der Waals surface area contributed by atoms with Crippen LogP contribution in [-0.2, 0) is 0 Å². The number of hydrogen-bond donors (Lipinski definition) is 0. The number of aromatic nitrogens is 4. The van der Waals surface area contributed by atoms with E-state index in [1.807, 2.05) is 6.07 Å². The molecule has 1 aromatic heterocycles. The summed E-state index contributed by atoms with van der Waals surface area (Å²) in [5, 5.41) is 33.1. The predicted molar refractivity (Wildman–Crippen MR) is 77.9 cm³/mol. The molecule has 0 aliphatic heterocycles. The molecule has 3 rings (SSSR count). The minimum Gasteiger partial charge on any atom is -0.258 e. The van der Waals surface area contributed by atoms with Gasteiger partial charge in [-0.2, -0.15) is 4.68 Å². The maximum Gasteiger partial charge on any atom is 0.277 e. The topological polar surface area (TPSA) is 130 Å². The maximum absolute atomic E-state index is 11.0. The van der Waals surface area contributed by atoms with Crippen LogP contribution in [0.4, 0.5) is 11.4 Å². The van der Waals surface area contributed by atoms with Crippen LogP contribution >= 0.6 is 0 Å². The van der Waals surface area contributed by atoms with E-state index in [1.54, 1.807) is 24.3 Å². The highest BCUT2D eigenvalue weighted by Crippen LogP contribution is 2.29. The van der Waals surface area contributed by atoms with Gasteiger partial charge in [-0.15, -0.1) is 5.10 Å². The monoisotopic (exact) mass is 312 g/mol. The van der Waals surface area contributed by atoms with Crippen molar-refractivity contribution in [1.82, 2.24) is 20.2 Å². The van der Waals surface area contributed by atoms with E-state index in [4.69, 9.17) is 0 Å². The lowest BCUT2D eigenvalue weighted by Crippen LogP contribution is -2.01. The van der Waals surface area contributed by atoms with Crippen LogP contribution in [0.1, 0.15) is 0 Å². The first-order valence-electron chi connectivity index (χ1n) is 6.34. The molecule has 0 N–H and O–H groups in total. The zero-order chi connectivity index (χ0) is 16.4. The van der Waals surface area contributed by atoms with Gasteiger partial charge in [-0.1, -0.05) is 18.2 Å². The van der Waals surface area contributed by atoms with E-state index in [0.717, 1.165) is 6.07 Å². The Bertz CT molecular complexity index is 860. The number of non-ortho nitro benzene ring substituents is 2. The average molecular weight is 312 g/mol. The summed E-state index contributed by atoms with van der Waals surface area (Å²) in [4.78, 5) is 20.6. The summed E-state index contributed by atoms with van der Waals surface area (Å²) >= 11 is 0. The molecule has 114 valence electrons. The molecule has 0 bridgehead atoms. The van der Waals surface area contributed by atoms with Gasteiger partial charge in [0.15, 0.2) is 5.82 Å². The highest BCUT2D eigenvalue weighted by Gasteiger charge is 2.20. The van der Waals surface area contributed by atoms with Crippen molar-refractivity contribution >= 4 is 11.4 Å². The zero-order valence-electron chi connectivity index (χ0n) is 11.4. The third-order valence-electron chi connectivity index (χ3n) is 3.05. The van der Waals surface area contributed by atoms with Gasteiger partial charge in [-0.3, -0.25) is 20.2 Å². The molecule has 10 heteroatoms. The van der Waals surface area contributed by atoms with Crippen LogP contribution in [0.3, 0.4) is 0 Å². The first kappa shape index (κ1) is 14.3. The number of nitrogens with zero attached hydrogens (tertiary/aromatic N) is 6. The van der Waals surface area contributed by atoms with Crippen molar-refractivity contribution in [2.45, 2.75) is 0 Å². The third kappa shape index (κ3) is 2.72. The molecular formula is C13H8N6O4. The molecule has 3 aromatic rings. The number of tetrazole rings is 1. The Balaban J connectivity index is 2.18. The summed E-state index contributed by atoms with van der Waals surface area (Å²) in [7, 11) is 0. The summed E-state index contributed by atoms with van der Waals surface area (Å²) in [6.45, 7) is 0. The van der Waals surface area contributed by atoms with Gasteiger partial charge in [0.25, 0.3) is 11.4 Å². The van der Waals surface area contributed by atoms with Crippen LogP contribution < -0.4 is 0 Å². The van der Waals surface area contributed by atoms with Gasteiger partial charge in [-0.25, -0.2) is 0 Å². The van der Waals surface area contributed by atoms with E-state index < -0.39 is 21.2 Å². The number of para-hydroxylation sites is 1. The zero-order valence-corrected chi connectivity index (χ0v) is 11.4. The highest BCUT2D eigenvalue weighted by molar-refractivity contribution is 5.65. The molecule has 2 aromatic carbocycles. The van der Waals surface area contributed by atoms with E-state index >= 15 is 0 Å². The Labute approximate surface area is 128 Å². The lowest BCUT2D eigenvalue weighted by molar-refractivity contribution is -0.394. The quantitative estimate of drug-likeness (QED) is 0.532. The molecule has 0 amide bonds. The lowest BCUT2D eigenvalue weighted by Gasteiger charge is -2.04. The lowest BCUT2D eigenvalue weighted by atomic mass is 10.1. The Morgan fingerprint density at radius 1 is 0.913 bits per heavy atom. The summed E-state index contributed by atoms with van der Waals surface area (Å²) in [6, 6.07) is 12.1. The van der Waals surface area contributed by atoms with E-state index in [1.165, 1.54) is 16.8 Å². The van der Waals surface area contributed by atoms with Crippen LogP contribution in [0.15, 0.2) is 48.5 Å². The smallest absolute Gasteiger partial charge is 0.258 e. The molecule has 23 heavy (non-hydrogen) atoms. The second kappa shape index (κ2) is 5.60. The molecule has 1 heterocycles. The Hall–Kier alpha value is -3.69. The van der Waals surface area contributed by atoms with E-state index in [2.05, 4.69) is 15.5 Å². The van der Waals surface area contributed by atoms with Crippen molar-refractivity contribution in [3.05, 3.63) is 68.8 Å². The van der Waals surface area contributed by atoms with E-state index in [0.29, 0.717) is 5.69 Å². The Kier molecular flexibility index (Phi) is 3.47. The molecule has 0 radical (unpaired) electrons. The van der Waals surface area contributed by atoms with Gasteiger partial charge in [0, 0.05) is 17.7 Å². The summed E-state index contributed by atoms with van der Waals surface area (Å²) in [5.74, 6) is 0.169. The summed E-state index contributed by atoms with van der Waals surface area (Å²) in [5.41, 5.74) is -0.00460. The molecule has 0 saturated carbocycles. The SMILES string of the molecule is O=[N+]([O-])c1cc(-c2nnnn2-c2ccccc2)cc([N+](=O)[O-])c1. The van der Waals surface area contributed by atoms with Crippen LogP contribution in [-0.4, -0.2) is 30.1 Å². The maximum atomic E-state index is 11.0. The number of nitro benzene ring substituents is 2. The van der Waals surface area contributed by atoms with E-state index in [9.17, 15) is 20.2 Å². The fourth-order valence-electron chi connectivity index (χ4n) is 2.05.